The molecule has 0 spiro atoms. The van der Waals surface area contributed by atoms with Gasteiger partial charge in [0, 0.05) is 7.05 Å². The van der Waals surface area contributed by atoms with Crippen molar-refractivity contribution in [1.29, 1.82) is 0 Å². The van der Waals surface area contributed by atoms with Crippen LogP contribution in [0.5, 0.6) is 11.5 Å². The van der Waals surface area contributed by atoms with Crippen LogP contribution in [0.1, 0.15) is 30.0 Å². The van der Waals surface area contributed by atoms with Gasteiger partial charge in [0.1, 0.15) is 0 Å². The van der Waals surface area contributed by atoms with Crippen LogP contribution in [0, 0.1) is 0 Å². The highest BCUT2D eigenvalue weighted by Gasteiger charge is 2.28. The van der Waals surface area contributed by atoms with Crippen molar-refractivity contribution < 1.29 is 14.3 Å². The van der Waals surface area contributed by atoms with Gasteiger partial charge in [0.05, 0.1) is 26.2 Å². The molecular formula is C20H23NO3. The van der Waals surface area contributed by atoms with Crippen molar-refractivity contribution >= 4 is 5.91 Å². The van der Waals surface area contributed by atoms with E-state index in [1.807, 2.05) is 42.3 Å². The van der Waals surface area contributed by atoms with Gasteiger partial charge >= 0.3 is 0 Å². The van der Waals surface area contributed by atoms with Crippen LogP contribution >= 0.6 is 0 Å². The number of para-hydroxylation sites is 2. The first kappa shape index (κ1) is 16.4. The lowest BCUT2D eigenvalue weighted by Crippen LogP contribution is -2.31. The fourth-order valence-corrected chi connectivity index (χ4v) is 3.27. The molecule has 0 aliphatic heterocycles. The van der Waals surface area contributed by atoms with Crippen molar-refractivity contribution in [3.63, 3.8) is 0 Å². The molecule has 4 heteroatoms. The van der Waals surface area contributed by atoms with Crippen molar-refractivity contribution in [2.45, 2.75) is 25.3 Å². The monoisotopic (exact) mass is 325 g/mol. The number of ether oxygens (including phenoxy) is 2. The molecule has 4 nitrogen and oxygen atoms in total. The van der Waals surface area contributed by atoms with E-state index in [1.54, 1.807) is 7.11 Å². The highest BCUT2D eigenvalue weighted by molar-refractivity contribution is 5.76. The highest BCUT2D eigenvalue weighted by atomic mass is 16.5. The Balaban J connectivity index is 1.56. The first-order valence-electron chi connectivity index (χ1n) is 8.30. The zero-order valence-corrected chi connectivity index (χ0v) is 14.2. The van der Waals surface area contributed by atoms with Gasteiger partial charge in [0.25, 0.3) is 0 Å². The number of nitrogens with zero attached hydrogens (tertiary/aromatic N) is 1. The quantitative estimate of drug-likeness (QED) is 0.814. The predicted molar refractivity (Wildman–Crippen MR) is 93.4 cm³/mol. The summed E-state index contributed by atoms with van der Waals surface area (Å²) in [5.74, 6) is 1.45. The summed E-state index contributed by atoms with van der Waals surface area (Å²) in [5, 5.41) is 0. The van der Waals surface area contributed by atoms with Crippen LogP contribution in [0.25, 0.3) is 0 Å². The maximum absolute atomic E-state index is 12.5. The number of benzene rings is 2. The van der Waals surface area contributed by atoms with Crippen molar-refractivity contribution in [2.24, 2.45) is 0 Å². The van der Waals surface area contributed by atoms with Gasteiger partial charge in [-0.25, -0.2) is 0 Å². The molecule has 3 rings (SSSR count). The summed E-state index contributed by atoms with van der Waals surface area (Å²) in [6, 6.07) is 16.0. The number of carbonyl (C=O) groups excluding carboxylic acids is 1. The number of carbonyl (C=O) groups is 1. The summed E-state index contributed by atoms with van der Waals surface area (Å²) >= 11 is 0. The lowest BCUT2D eigenvalue weighted by atomic mass is 10.1. The zero-order valence-electron chi connectivity index (χ0n) is 14.2. The van der Waals surface area contributed by atoms with Crippen molar-refractivity contribution in [1.82, 2.24) is 4.90 Å². The van der Waals surface area contributed by atoms with Crippen LogP contribution in [0.15, 0.2) is 48.5 Å². The molecule has 0 N–H and O–H groups in total. The third-order valence-electron chi connectivity index (χ3n) is 4.60. The fourth-order valence-electron chi connectivity index (χ4n) is 3.27. The van der Waals surface area contributed by atoms with Crippen LogP contribution in [0.4, 0.5) is 0 Å². The number of amides is 1. The molecular weight excluding hydrogens is 302 g/mol. The topological polar surface area (TPSA) is 38.8 Å². The number of hydrogen-bond donors (Lipinski definition) is 0. The van der Waals surface area contributed by atoms with E-state index in [2.05, 4.69) is 18.2 Å². The Morgan fingerprint density at radius 1 is 1.12 bits per heavy atom. The summed E-state index contributed by atoms with van der Waals surface area (Å²) in [6.07, 6.45) is 2.39. The van der Waals surface area contributed by atoms with Crippen LogP contribution in [-0.2, 0) is 11.2 Å². The molecule has 0 radical (unpaired) electrons. The maximum atomic E-state index is 12.5. The second kappa shape index (κ2) is 7.39. The minimum absolute atomic E-state index is 0.103. The first-order chi connectivity index (χ1) is 11.7. The third kappa shape index (κ3) is 3.37. The standard InChI is InChI=1S/C20H23NO3/c1-21(17-12-11-15-7-3-4-8-16(15)17)20(22)13-14-24-19-10-6-5-9-18(19)23-2/h3-10,17H,11-14H2,1-2H3. The van der Waals surface area contributed by atoms with E-state index >= 15 is 0 Å². The van der Waals surface area contributed by atoms with Gasteiger partial charge in [0.15, 0.2) is 11.5 Å². The molecule has 1 aliphatic carbocycles. The second-order valence-corrected chi connectivity index (χ2v) is 6.01. The van der Waals surface area contributed by atoms with Gasteiger partial charge in [-0.15, -0.1) is 0 Å². The van der Waals surface area contributed by atoms with E-state index in [-0.39, 0.29) is 11.9 Å². The van der Waals surface area contributed by atoms with E-state index in [9.17, 15) is 4.79 Å². The Kier molecular flexibility index (Phi) is 5.04. The van der Waals surface area contributed by atoms with E-state index in [0.29, 0.717) is 24.5 Å². The Bertz CT molecular complexity index is 714. The molecule has 2 aromatic rings. The molecule has 2 aromatic carbocycles. The summed E-state index contributed by atoms with van der Waals surface area (Å²) in [4.78, 5) is 14.4. The summed E-state index contributed by atoms with van der Waals surface area (Å²) in [6.45, 7) is 0.345. The average Bonchev–Trinajstić information content (AvgIpc) is 3.05. The molecule has 1 amide bonds. The lowest BCUT2D eigenvalue weighted by molar-refractivity contribution is -0.132. The zero-order chi connectivity index (χ0) is 16.9. The Hall–Kier alpha value is -2.49. The average molecular weight is 325 g/mol. The molecule has 0 bridgehead atoms. The Labute approximate surface area is 143 Å². The van der Waals surface area contributed by atoms with Gasteiger partial charge in [-0.1, -0.05) is 36.4 Å². The van der Waals surface area contributed by atoms with E-state index < -0.39 is 0 Å². The van der Waals surface area contributed by atoms with E-state index in [1.165, 1.54) is 11.1 Å². The smallest absolute Gasteiger partial charge is 0.226 e. The number of aryl methyl sites for hydroxylation is 1. The van der Waals surface area contributed by atoms with Gasteiger partial charge in [-0.2, -0.15) is 0 Å². The number of rotatable bonds is 6. The summed E-state index contributed by atoms with van der Waals surface area (Å²) < 4.78 is 11.0. The first-order valence-corrected chi connectivity index (χ1v) is 8.30. The molecule has 1 unspecified atom stereocenters. The minimum atomic E-state index is 0.103. The highest BCUT2D eigenvalue weighted by Crippen LogP contribution is 2.35. The normalized spacial score (nSPS) is 15.7. The fraction of sp³-hybridized carbons (Fsp3) is 0.350. The number of hydrogen-bond acceptors (Lipinski definition) is 3. The van der Waals surface area contributed by atoms with Crippen LogP contribution in [0.3, 0.4) is 0 Å². The predicted octanol–water partition coefficient (Wildman–Crippen LogP) is 3.61. The minimum Gasteiger partial charge on any atom is -0.493 e. The summed E-state index contributed by atoms with van der Waals surface area (Å²) in [5.41, 5.74) is 2.63. The van der Waals surface area contributed by atoms with Gasteiger partial charge < -0.3 is 14.4 Å². The SMILES string of the molecule is COc1ccccc1OCCC(=O)N(C)C1CCc2ccccc21. The van der Waals surface area contributed by atoms with Crippen LogP contribution < -0.4 is 9.47 Å². The molecule has 0 saturated heterocycles. The Morgan fingerprint density at radius 2 is 1.83 bits per heavy atom. The molecule has 0 heterocycles. The number of fused-ring (bicyclic) bond motifs is 1. The van der Waals surface area contributed by atoms with Crippen molar-refractivity contribution in [3.05, 3.63) is 59.7 Å². The molecule has 1 aliphatic rings. The Morgan fingerprint density at radius 3 is 2.62 bits per heavy atom. The largest absolute Gasteiger partial charge is 0.493 e. The molecule has 0 aromatic heterocycles. The maximum Gasteiger partial charge on any atom is 0.226 e. The van der Waals surface area contributed by atoms with E-state index in [0.717, 1.165) is 12.8 Å². The third-order valence-corrected chi connectivity index (χ3v) is 4.60. The van der Waals surface area contributed by atoms with Gasteiger partial charge in [-0.05, 0) is 36.1 Å². The molecule has 0 fully saturated rings. The van der Waals surface area contributed by atoms with Crippen molar-refractivity contribution in [2.75, 3.05) is 20.8 Å². The molecule has 24 heavy (non-hydrogen) atoms. The molecule has 0 saturated carbocycles. The van der Waals surface area contributed by atoms with Gasteiger partial charge in [0.2, 0.25) is 5.91 Å². The second-order valence-electron chi connectivity index (χ2n) is 6.01. The number of methoxy groups -OCH3 is 1. The molecule has 1 atom stereocenters. The molecule has 126 valence electrons. The summed E-state index contributed by atoms with van der Waals surface area (Å²) in [7, 11) is 3.50. The van der Waals surface area contributed by atoms with Crippen molar-refractivity contribution in [3.8, 4) is 11.5 Å². The van der Waals surface area contributed by atoms with Crippen LogP contribution in [0.2, 0.25) is 0 Å². The van der Waals surface area contributed by atoms with Gasteiger partial charge in [-0.3, -0.25) is 4.79 Å². The lowest BCUT2D eigenvalue weighted by Gasteiger charge is -2.25. The van der Waals surface area contributed by atoms with Crippen LogP contribution in [-0.4, -0.2) is 31.6 Å². The van der Waals surface area contributed by atoms with E-state index in [4.69, 9.17) is 9.47 Å².